The van der Waals surface area contributed by atoms with Crippen molar-refractivity contribution in [3.05, 3.63) is 0 Å². The van der Waals surface area contributed by atoms with Gasteiger partial charge in [0, 0.05) is 12.5 Å². The molecule has 1 amide bonds. The summed E-state index contributed by atoms with van der Waals surface area (Å²) in [4.78, 5) is 22.4. The van der Waals surface area contributed by atoms with Crippen molar-refractivity contribution in [1.29, 1.82) is 0 Å². The molecule has 15 heavy (non-hydrogen) atoms. The molecule has 0 saturated heterocycles. The summed E-state index contributed by atoms with van der Waals surface area (Å²) in [6, 6.07) is -0.0955. The SMILES string of the molecule is CCCCC(=O)NC(CC)CC(=O)OC. The number of rotatable bonds is 7. The second-order valence-corrected chi connectivity index (χ2v) is 3.56. The minimum atomic E-state index is -0.280. The zero-order valence-electron chi connectivity index (χ0n) is 9.84. The van der Waals surface area contributed by atoms with Gasteiger partial charge >= 0.3 is 5.97 Å². The van der Waals surface area contributed by atoms with Gasteiger partial charge in [-0.1, -0.05) is 20.3 Å². The lowest BCUT2D eigenvalue weighted by Gasteiger charge is -2.15. The van der Waals surface area contributed by atoms with Gasteiger partial charge in [-0.25, -0.2) is 0 Å². The molecule has 0 fully saturated rings. The van der Waals surface area contributed by atoms with E-state index < -0.39 is 0 Å². The minimum absolute atomic E-state index is 0.0209. The molecule has 0 radical (unpaired) electrons. The van der Waals surface area contributed by atoms with Gasteiger partial charge in [-0.2, -0.15) is 0 Å². The van der Waals surface area contributed by atoms with E-state index in [0.717, 1.165) is 19.3 Å². The van der Waals surface area contributed by atoms with Crippen LogP contribution < -0.4 is 5.32 Å². The molecule has 0 aliphatic carbocycles. The average Bonchev–Trinajstić information content (AvgIpc) is 2.25. The van der Waals surface area contributed by atoms with Gasteiger partial charge in [-0.3, -0.25) is 9.59 Å². The fraction of sp³-hybridized carbons (Fsp3) is 0.818. The number of ether oxygens (including phenoxy) is 1. The van der Waals surface area contributed by atoms with Crippen LogP contribution in [0.5, 0.6) is 0 Å². The van der Waals surface area contributed by atoms with Crippen molar-refractivity contribution in [3.8, 4) is 0 Å². The molecule has 1 N–H and O–H groups in total. The van der Waals surface area contributed by atoms with E-state index in [-0.39, 0.29) is 24.3 Å². The van der Waals surface area contributed by atoms with Crippen LogP contribution >= 0.6 is 0 Å². The second kappa shape index (κ2) is 8.26. The largest absolute Gasteiger partial charge is 0.469 e. The standard InChI is InChI=1S/C11H21NO3/c1-4-6-7-10(13)12-9(5-2)8-11(14)15-3/h9H,4-8H2,1-3H3,(H,12,13). The summed E-state index contributed by atoms with van der Waals surface area (Å²) in [5.74, 6) is -0.259. The Labute approximate surface area is 91.4 Å². The molecule has 0 saturated carbocycles. The zero-order chi connectivity index (χ0) is 11.7. The molecule has 0 aromatic carbocycles. The Hall–Kier alpha value is -1.06. The summed E-state index contributed by atoms with van der Waals surface area (Å²) in [5.41, 5.74) is 0. The van der Waals surface area contributed by atoms with E-state index in [1.54, 1.807) is 0 Å². The van der Waals surface area contributed by atoms with Crippen LogP contribution in [0.4, 0.5) is 0 Å². The Morgan fingerprint density at radius 1 is 1.33 bits per heavy atom. The van der Waals surface area contributed by atoms with Gasteiger partial charge in [-0.05, 0) is 12.8 Å². The maximum atomic E-state index is 11.4. The summed E-state index contributed by atoms with van der Waals surface area (Å²) in [5, 5.41) is 2.83. The molecule has 0 bridgehead atoms. The summed E-state index contributed by atoms with van der Waals surface area (Å²) < 4.78 is 4.56. The summed E-state index contributed by atoms with van der Waals surface area (Å²) in [6.45, 7) is 3.98. The highest BCUT2D eigenvalue weighted by atomic mass is 16.5. The Bertz CT molecular complexity index is 204. The number of hydrogen-bond acceptors (Lipinski definition) is 3. The fourth-order valence-electron chi connectivity index (χ4n) is 1.22. The Balaban J connectivity index is 3.87. The first-order valence-electron chi connectivity index (χ1n) is 5.50. The topological polar surface area (TPSA) is 55.4 Å². The molecule has 1 atom stereocenters. The molecule has 0 spiro atoms. The summed E-state index contributed by atoms with van der Waals surface area (Å²) >= 11 is 0. The van der Waals surface area contributed by atoms with Gasteiger partial charge in [0.05, 0.1) is 13.5 Å². The quantitative estimate of drug-likeness (QED) is 0.657. The Morgan fingerprint density at radius 2 is 2.00 bits per heavy atom. The number of amides is 1. The lowest BCUT2D eigenvalue weighted by Crippen LogP contribution is -2.36. The van der Waals surface area contributed by atoms with Crippen molar-refractivity contribution in [2.45, 2.75) is 52.0 Å². The maximum absolute atomic E-state index is 11.4. The number of carbonyl (C=O) groups is 2. The van der Waals surface area contributed by atoms with Crippen LogP contribution in [0.3, 0.4) is 0 Å². The molecule has 1 unspecified atom stereocenters. The molecule has 0 aliphatic rings. The lowest BCUT2D eigenvalue weighted by atomic mass is 10.1. The highest BCUT2D eigenvalue weighted by Gasteiger charge is 2.14. The van der Waals surface area contributed by atoms with Crippen molar-refractivity contribution >= 4 is 11.9 Å². The normalized spacial score (nSPS) is 11.9. The van der Waals surface area contributed by atoms with Crippen molar-refractivity contribution in [1.82, 2.24) is 5.32 Å². The number of unbranched alkanes of at least 4 members (excludes halogenated alkanes) is 1. The molecule has 4 nitrogen and oxygen atoms in total. The van der Waals surface area contributed by atoms with Crippen LogP contribution in [-0.4, -0.2) is 25.0 Å². The number of hydrogen-bond donors (Lipinski definition) is 1. The van der Waals surface area contributed by atoms with Gasteiger partial charge in [0.2, 0.25) is 5.91 Å². The van der Waals surface area contributed by atoms with E-state index in [0.29, 0.717) is 6.42 Å². The molecule has 0 rings (SSSR count). The lowest BCUT2D eigenvalue weighted by molar-refractivity contribution is -0.141. The van der Waals surface area contributed by atoms with E-state index in [2.05, 4.69) is 10.1 Å². The summed E-state index contributed by atoms with van der Waals surface area (Å²) in [6.07, 6.45) is 3.42. The molecular formula is C11H21NO3. The zero-order valence-corrected chi connectivity index (χ0v) is 9.84. The first-order chi connectivity index (χ1) is 7.13. The highest BCUT2D eigenvalue weighted by Crippen LogP contribution is 2.01. The first-order valence-corrected chi connectivity index (χ1v) is 5.50. The first kappa shape index (κ1) is 13.9. The van der Waals surface area contributed by atoms with E-state index in [9.17, 15) is 9.59 Å². The third-order valence-corrected chi connectivity index (χ3v) is 2.26. The summed E-state index contributed by atoms with van der Waals surface area (Å²) in [7, 11) is 1.36. The van der Waals surface area contributed by atoms with Gasteiger partial charge in [0.1, 0.15) is 0 Å². The van der Waals surface area contributed by atoms with E-state index in [1.165, 1.54) is 7.11 Å². The van der Waals surface area contributed by atoms with Crippen LogP contribution in [0.2, 0.25) is 0 Å². The van der Waals surface area contributed by atoms with Crippen LogP contribution in [-0.2, 0) is 14.3 Å². The predicted octanol–water partition coefficient (Wildman–Crippen LogP) is 1.63. The maximum Gasteiger partial charge on any atom is 0.307 e. The van der Waals surface area contributed by atoms with E-state index in [1.807, 2.05) is 13.8 Å². The predicted molar refractivity (Wildman–Crippen MR) is 58.4 cm³/mol. The number of nitrogens with one attached hydrogen (secondary N) is 1. The van der Waals surface area contributed by atoms with Gasteiger partial charge in [0.15, 0.2) is 0 Å². The number of methoxy groups -OCH3 is 1. The van der Waals surface area contributed by atoms with Crippen molar-refractivity contribution in [3.63, 3.8) is 0 Å². The minimum Gasteiger partial charge on any atom is -0.469 e. The second-order valence-electron chi connectivity index (χ2n) is 3.56. The van der Waals surface area contributed by atoms with Gasteiger partial charge in [-0.15, -0.1) is 0 Å². The molecule has 0 aromatic rings. The molecule has 4 heteroatoms. The molecule has 0 heterocycles. The third-order valence-electron chi connectivity index (χ3n) is 2.26. The third kappa shape index (κ3) is 6.94. The monoisotopic (exact) mass is 215 g/mol. The van der Waals surface area contributed by atoms with Crippen LogP contribution in [0, 0.1) is 0 Å². The van der Waals surface area contributed by atoms with Crippen molar-refractivity contribution < 1.29 is 14.3 Å². The number of esters is 1. The van der Waals surface area contributed by atoms with Gasteiger partial charge in [0.25, 0.3) is 0 Å². The van der Waals surface area contributed by atoms with Crippen molar-refractivity contribution in [2.24, 2.45) is 0 Å². The van der Waals surface area contributed by atoms with Crippen LogP contribution in [0.25, 0.3) is 0 Å². The molecule has 0 aromatic heterocycles. The van der Waals surface area contributed by atoms with Crippen LogP contribution in [0.15, 0.2) is 0 Å². The van der Waals surface area contributed by atoms with E-state index in [4.69, 9.17) is 0 Å². The van der Waals surface area contributed by atoms with Gasteiger partial charge < -0.3 is 10.1 Å². The molecule has 88 valence electrons. The number of carbonyl (C=O) groups excluding carboxylic acids is 2. The Morgan fingerprint density at radius 3 is 2.47 bits per heavy atom. The van der Waals surface area contributed by atoms with Crippen molar-refractivity contribution in [2.75, 3.05) is 7.11 Å². The van der Waals surface area contributed by atoms with E-state index >= 15 is 0 Å². The van der Waals surface area contributed by atoms with Crippen LogP contribution in [0.1, 0.15) is 46.0 Å². The average molecular weight is 215 g/mol. The molecule has 0 aliphatic heterocycles. The highest BCUT2D eigenvalue weighted by molar-refractivity contribution is 5.77. The molecular weight excluding hydrogens is 194 g/mol. The Kier molecular flexibility index (Phi) is 7.68. The smallest absolute Gasteiger partial charge is 0.307 e. The fourth-order valence-corrected chi connectivity index (χ4v) is 1.22.